The quantitative estimate of drug-likeness (QED) is 0.341. The fourth-order valence-electron chi connectivity index (χ4n) is 2.63. The summed E-state index contributed by atoms with van der Waals surface area (Å²) in [5.41, 5.74) is 0. The Hall–Kier alpha value is -0.380. The lowest BCUT2D eigenvalue weighted by molar-refractivity contribution is -0.150. The number of ether oxygens (including phenoxy) is 5. The van der Waals surface area contributed by atoms with Gasteiger partial charge >= 0.3 is 5.97 Å². The van der Waals surface area contributed by atoms with Crippen molar-refractivity contribution in [1.29, 1.82) is 0 Å². The first kappa shape index (κ1) is 25.7. The molecule has 1 aliphatic rings. The molecule has 1 saturated heterocycles. The van der Waals surface area contributed by atoms with Gasteiger partial charge in [0, 0.05) is 12.4 Å². The Labute approximate surface area is 175 Å². The predicted molar refractivity (Wildman–Crippen MR) is 112 cm³/mol. The molecule has 0 aromatic rings. The second-order valence-corrected chi connectivity index (χ2v) is 8.40. The van der Waals surface area contributed by atoms with Gasteiger partial charge in [0.25, 0.3) is 0 Å². The number of hydrogen-bond acceptors (Lipinski definition) is 8. The van der Waals surface area contributed by atoms with Crippen LogP contribution in [0, 0.1) is 0 Å². The van der Waals surface area contributed by atoms with Crippen molar-refractivity contribution >= 4 is 18.6 Å². The molecule has 0 spiro atoms. The van der Waals surface area contributed by atoms with Gasteiger partial charge in [-0.2, -0.15) is 12.6 Å². The number of thiol groups is 1. The largest absolute Gasteiger partial charge is 0.462 e. The standard InChI is InChI=1S/C20H39NO6S/c1-15(23-5)11-24-16(2)12-25-17(3)13-26-18(4)14-27-20(22)10-21-8-6-19(28)7-9-21/h15-19,28H,6-14H2,1-5H3. The topological polar surface area (TPSA) is 66.5 Å². The van der Waals surface area contributed by atoms with E-state index in [0.29, 0.717) is 31.6 Å². The van der Waals surface area contributed by atoms with Crippen molar-refractivity contribution in [3.8, 4) is 0 Å². The molecule has 0 aromatic carbocycles. The van der Waals surface area contributed by atoms with E-state index in [-0.39, 0.29) is 37.0 Å². The fraction of sp³-hybridized carbons (Fsp3) is 0.950. The van der Waals surface area contributed by atoms with Crippen LogP contribution in [0.2, 0.25) is 0 Å². The smallest absolute Gasteiger partial charge is 0.320 e. The SMILES string of the molecule is COC(C)COC(C)COC(C)COC(C)COC(=O)CN1CCC(S)CC1. The molecule has 1 fully saturated rings. The summed E-state index contributed by atoms with van der Waals surface area (Å²) >= 11 is 4.47. The first-order valence-electron chi connectivity index (χ1n) is 10.2. The maximum Gasteiger partial charge on any atom is 0.320 e. The Morgan fingerprint density at radius 3 is 1.86 bits per heavy atom. The highest BCUT2D eigenvalue weighted by molar-refractivity contribution is 7.80. The average molecular weight is 422 g/mol. The van der Waals surface area contributed by atoms with Crippen LogP contribution in [-0.4, -0.2) is 93.7 Å². The number of likely N-dealkylation sites (tertiary alicyclic amines) is 1. The second-order valence-electron chi connectivity index (χ2n) is 7.67. The predicted octanol–water partition coefficient (Wildman–Crippen LogP) is 2.17. The van der Waals surface area contributed by atoms with Gasteiger partial charge in [-0.25, -0.2) is 0 Å². The molecule has 4 atom stereocenters. The highest BCUT2D eigenvalue weighted by atomic mass is 32.1. The van der Waals surface area contributed by atoms with Gasteiger partial charge in [0.05, 0.1) is 50.8 Å². The summed E-state index contributed by atoms with van der Waals surface area (Å²) in [6.45, 7) is 11.6. The van der Waals surface area contributed by atoms with E-state index in [4.69, 9.17) is 23.7 Å². The number of nitrogens with zero attached hydrogens (tertiary/aromatic N) is 1. The summed E-state index contributed by atoms with van der Waals surface area (Å²) in [5, 5.41) is 0.452. The van der Waals surface area contributed by atoms with Crippen molar-refractivity contribution in [2.75, 3.05) is 53.2 Å². The molecule has 1 rings (SSSR count). The van der Waals surface area contributed by atoms with Gasteiger partial charge in [0.2, 0.25) is 0 Å². The maximum absolute atomic E-state index is 12.0. The molecule has 166 valence electrons. The van der Waals surface area contributed by atoms with Crippen molar-refractivity contribution < 1.29 is 28.5 Å². The van der Waals surface area contributed by atoms with Crippen LogP contribution in [0.4, 0.5) is 0 Å². The zero-order chi connectivity index (χ0) is 20.9. The molecule has 0 amide bonds. The Morgan fingerprint density at radius 1 is 0.893 bits per heavy atom. The molecule has 0 aliphatic carbocycles. The van der Waals surface area contributed by atoms with Crippen LogP contribution in [0.5, 0.6) is 0 Å². The summed E-state index contributed by atoms with van der Waals surface area (Å²) in [4.78, 5) is 14.1. The lowest BCUT2D eigenvalue weighted by Gasteiger charge is -2.28. The molecule has 8 heteroatoms. The number of carbonyl (C=O) groups is 1. The van der Waals surface area contributed by atoms with Gasteiger partial charge in [0.15, 0.2) is 0 Å². The van der Waals surface area contributed by atoms with Crippen LogP contribution in [-0.2, 0) is 28.5 Å². The van der Waals surface area contributed by atoms with Crippen molar-refractivity contribution in [1.82, 2.24) is 4.90 Å². The monoisotopic (exact) mass is 421 g/mol. The first-order chi connectivity index (χ1) is 13.3. The summed E-state index contributed by atoms with van der Waals surface area (Å²) in [6, 6.07) is 0. The van der Waals surface area contributed by atoms with Crippen LogP contribution in [0.15, 0.2) is 0 Å². The van der Waals surface area contributed by atoms with Crippen LogP contribution in [0.1, 0.15) is 40.5 Å². The Bertz CT molecular complexity index is 420. The molecule has 0 radical (unpaired) electrons. The summed E-state index contributed by atoms with van der Waals surface area (Å²) < 4.78 is 27.6. The molecule has 28 heavy (non-hydrogen) atoms. The number of esters is 1. The summed E-state index contributed by atoms with van der Waals surface area (Å²) in [6.07, 6.45) is 1.86. The third-order valence-electron chi connectivity index (χ3n) is 4.64. The highest BCUT2D eigenvalue weighted by Gasteiger charge is 2.19. The van der Waals surface area contributed by atoms with Crippen LogP contribution < -0.4 is 0 Å². The molecule has 1 aliphatic heterocycles. The van der Waals surface area contributed by atoms with Crippen molar-refractivity contribution in [2.45, 2.75) is 70.2 Å². The highest BCUT2D eigenvalue weighted by Crippen LogP contribution is 2.14. The van der Waals surface area contributed by atoms with E-state index >= 15 is 0 Å². The molecule has 4 unspecified atom stereocenters. The zero-order valence-electron chi connectivity index (χ0n) is 18.1. The number of carbonyl (C=O) groups excluding carboxylic acids is 1. The van der Waals surface area contributed by atoms with Crippen molar-refractivity contribution in [3.63, 3.8) is 0 Å². The van der Waals surface area contributed by atoms with E-state index in [0.717, 1.165) is 25.9 Å². The number of piperidine rings is 1. The Kier molecular flexibility index (Phi) is 13.4. The third-order valence-corrected chi connectivity index (χ3v) is 5.15. The molecule has 0 bridgehead atoms. The van der Waals surface area contributed by atoms with Gasteiger partial charge in [-0.05, 0) is 53.6 Å². The molecule has 0 saturated carbocycles. The molecule has 1 heterocycles. The summed E-state index contributed by atoms with van der Waals surface area (Å²) in [5.74, 6) is -0.200. The van der Waals surface area contributed by atoms with Gasteiger partial charge < -0.3 is 23.7 Å². The summed E-state index contributed by atoms with van der Waals surface area (Å²) in [7, 11) is 1.67. The fourth-order valence-corrected chi connectivity index (χ4v) is 2.86. The van der Waals surface area contributed by atoms with Crippen molar-refractivity contribution in [3.05, 3.63) is 0 Å². The van der Waals surface area contributed by atoms with Gasteiger partial charge in [-0.15, -0.1) is 0 Å². The zero-order valence-corrected chi connectivity index (χ0v) is 19.0. The molecular weight excluding hydrogens is 382 g/mol. The number of hydrogen-bond donors (Lipinski definition) is 1. The van der Waals surface area contributed by atoms with E-state index in [1.54, 1.807) is 7.11 Å². The minimum absolute atomic E-state index is 0.00829. The van der Waals surface area contributed by atoms with Crippen LogP contribution >= 0.6 is 12.6 Å². The minimum Gasteiger partial charge on any atom is -0.462 e. The van der Waals surface area contributed by atoms with E-state index in [1.165, 1.54) is 0 Å². The lowest BCUT2D eigenvalue weighted by Crippen LogP contribution is -2.38. The van der Waals surface area contributed by atoms with Gasteiger partial charge in [-0.3, -0.25) is 9.69 Å². The maximum atomic E-state index is 12.0. The van der Waals surface area contributed by atoms with E-state index in [1.807, 2.05) is 27.7 Å². The van der Waals surface area contributed by atoms with E-state index < -0.39 is 0 Å². The van der Waals surface area contributed by atoms with Crippen molar-refractivity contribution in [2.24, 2.45) is 0 Å². The minimum atomic E-state index is -0.200. The number of rotatable bonds is 14. The van der Waals surface area contributed by atoms with Crippen LogP contribution in [0.3, 0.4) is 0 Å². The normalized spacial score (nSPS) is 20.5. The first-order valence-corrected chi connectivity index (χ1v) is 10.7. The Balaban J connectivity index is 2.06. The van der Waals surface area contributed by atoms with Gasteiger partial charge in [0.1, 0.15) is 6.61 Å². The lowest BCUT2D eigenvalue weighted by atomic mass is 10.1. The second kappa shape index (κ2) is 14.6. The van der Waals surface area contributed by atoms with Crippen LogP contribution in [0.25, 0.3) is 0 Å². The molecule has 0 N–H and O–H groups in total. The molecule has 0 aromatic heterocycles. The number of methoxy groups -OCH3 is 1. The third kappa shape index (κ3) is 12.2. The Morgan fingerprint density at radius 2 is 1.36 bits per heavy atom. The average Bonchev–Trinajstić information content (AvgIpc) is 2.68. The molecule has 7 nitrogen and oxygen atoms in total. The van der Waals surface area contributed by atoms with Gasteiger partial charge in [-0.1, -0.05) is 0 Å². The molecular formula is C20H39NO6S. The van der Waals surface area contributed by atoms with E-state index in [9.17, 15) is 4.79 Å². The van der Waals surface area contributed by atoms with E-state index in [2.05, 4.69) is 17.5 Å².